The van der Waals surface area contributed by atoms with Crippen LogP contribution in [-0.2, 0) is 9.84 Å². The summed E-state index contributed by atoms with van der Waals surface area (Å²) in [6.07, 6.45) is 3.43. The maximum Gasteiger partial charge on any atom is 0.162 e. The van der Waals surface area contributed by atoms with Crippen LogP contribution in [-0.4, -0.2) is 17.9 Å². The molecule has 0 bridgehead atoms. The molecule has 2 nitrogen and oxygen atoms in total. The molecular weight excluding hydrogens is 232 g/mol. The van der Waals surface area contributed by atoms with Crippen LogP contribution in [0.15, 0.2) is 0 Å². The van der Waals surface area contributed by atoms with Crippen molar-refractivity contribution in [1.82, 2.24) is 0 Å². The molecule has 0 spiro atoms. The van der Waals surface area contributed by atoms with E-state index < -0.39 is 19.3 Å². The summed E-state index contributed by atoms with van der Waals surface area (Å²) in [5.41, 5.74) is -0.265. The molecule has 0 atom stereocenters. The highest BCUT2D eigenvalue weighted by atomic mass is 32.2. The van der Waals surface area contributed by atoms with Crippen molar-refractivity contribution in [2.75, 3.05) is 0 Å². The predicted octanol–water partition coefficient (Wildman–Crippen LogP) is 3.56. The minimum Gasteiger partial charge on any atom is -0.228 e. The first-order chi connectivity index (χ1) is 7.41. The second-order valence-electron chi connectivity index (χ2n) is 7.99. The Kier molecular flexibility index (Phi) is 2.43. The van der Waals surface area contributed by atoms with E-state index in [2.05, 4.69) is 41.5 Å². The lowest BCUT2D eigenvalue weighted by Gasteiger charge is -2.39. The van der Waals surface area contributed by atoms with Gasteiger partial charge in [-0.15, -0.1) is 0 Å². The van der Waals surface area contributed by atoms with Crippen LogP contribution < -0.4 is 0 Å². The van der Waals surface area contributed by atoms with E-state index in [1.807, 2.05) is 0 Å². The third kappa shape index (κ3) is 1.47. The van der Waals surface area contributed by atoms with E-state index in [-0.39, 0.29) is 10.8 Å². The maximum absolute atomic E-state index is 13.1. The number of rotatable bonds is 2. The molecule has 100 valence electrons. The monoisotopic (exact) mass is 258 g/mol. The summed E-state index contributed by atoms with van der Waals surface area (Å²) in [6.45, 7) is 12.5. The van der Waals surface area contributed by atoms with Gasteiger partial charge in [0.25, 0.3) is 0 Å². The summed E-state index contributed by atoms with van der Waals surface area (Å²) >= 11 is 0. The van der Waals surface area contributed by atoms with Crippen LogP contribution in [0, 0.1) is 10.8 Å². The minimum absolute atomic E-state index is 0.132. The van der Waals surface area contributed by atoms with E-state index in [0.29, 0.717) is 0 Å². The zero-order chi connectivity index (χ0) is 13.3. The summed E-state index contributed by atoms with van der Waals surface area (Å²) in [5, 5.41) is 0. The predicted molar refractivity (Wildman–Crippen MR) is 71.8 cm³/mol. The van der Waals surface area contributed by atoms with Crippen LogP contribution >= 0.6 is 0 Å². The Morgan fingerprint density at radius 1 is 0.706 bits per heavy atom. The Hall–Kier alpha value is -0.0500. The standard InChI is InChI=1S/C14H26O2S/c1-11(2,3)13(7-8-13)17(15,16)14(9-10-14)12(4,5)6/h7-10H2,1-6H3. The third-order valence-electron chi connectivity index (χ3n) is 5.17. The molecule has 2 fully saturated rings. The summed E-state index contributed by atoms with van der Waals surface area (Å²) < 4.78 is 25.3. The van der Waals surface area contributed by atoms with E-state index in [9.17, 15) is 8.42 Å². The van der Waals surface area contributed by atoms with Gasteiger partial charge < -0.3 is 0 Å². The van der Waals surface area contributed by atoms with Crippen LogP contribution in [0.2, 0.25) is 0 Å². The number of sulfone groups is 1. The van der Waals surface area contributed by atoms with Gasteiger partial charge in [-0.05, 0) is 36.5 Å². The molecule has 0 aromatic rings. The van der Waals surface area contributed by atoms with Crippen LogP contribution in [0.3, 0.4) is 0 Å². The van der Waals surface area contributed by atoms with Crippen molar-refractivity contribution in [3.63, 3.8) is 0 Å². The Labute approximate surface area is 106 Å². The topological polar surface area (TPSA) is 34.1 Å². The lowest BCUT2D eigenvalue weighted by atomic mass is 9.89. The van der Waals surface area contributed by atoms with Gasteiger partial charge in [0, 0.05) is 0 Å². The highest BCUT2D eigenvalue weighted by Gasteiger charge is 2.73. The van der Waals surface area contributed by atoms with Crippen molar-refractivity contribution >= 4 is 9.84 Å². The van der Waals surface area contributed by atoms with Gasteiger partial charge in [-0.25, -0.2) is 8.42 Å². The van der Waals surface area contributed by atoms with Gasteiger partial charge in [-0.3, -0.25) is 0 Å². The lowest BCUT2D eigenvalue weighted by Crippen LogP contribution is -2.49. The van der Waals surface area contributed by atoms with Crippen molar-refractivity contribution in [1.29, 1.82) is 0 Å². The molecule has 0 amide bonds. The van der Waals surface area contributed by atoms with Crippen molar-refractivity contribution < 1.29 is 8.42 Å². The smallest absolute Gasteiger partial charge is 0.162 e. The van der Waals surface area contributed by atoms with Gasteiger partial charge in [0.2, 0.25) is 0 Å². The van der Waals surface area contributed by atoms with E-state index >= 15 is 0 Å². The summed E-state index contributed by atoms with van der Waals surface area (Å²) in [5.74, 6) is 0. The zero-order valence-electron chi connectivity index (χ0n) is 12.1. The second kappa shape index (κ2) is 3.09. The Morgan fingerprint density at radius 3 is 1.06 bits per heavy atom. The molecular formula is C14H26O2S. The molecule has 2 saturated carbocycles. The average Bonchev–Trinajstić information content (AvgIpc) is 2.96. The normalized spacial score (nSPS) is 26.7. The highest BCUT2D eigenvalue weighted by Crippen LogP contribution is 2.67. The van der Waals surface area contributed by atoms with Gasteiger partial charge in [-0.2, -0.15) is 0 Å². The molecule has 17 heavy (non-hydrogen) atoms. The van der Waals surface area contributed by atoms with Gasteiger partial charge in [0.1, 0.15) is 0 Å². The molecule has 0 aromatic carbocycles. The van der Waals surface area contributed by atoms with Crippen LogP contribution in [0.4, 0.5) is 0 Å². The average molecular weight is 258 g/mol. The fourth-order valence-electron chi connectivity index (χ4n) is 3.44. The van der Waals surface area contributed by atoms with E-state index in [4.69, 9.17) is 0 Å². The summed E-state index contributed by atoms with van der Waals surface area (Å²) in [4.78, 5) is 0. The molecule has 0 heterocycles. The van der Waals surface area contributed by atoms with Crippen LogP contribution in [0.25, 0.3) is 0 Å². The summed E-state index contributed by atoms with van der Waals surface area (Å²) in [7, 11) is -3.03. The minimum atomic E-state index is -3.03. The quantitative estimate of drug-likeness (QED) is 0.759. The molecule has 2 aliphatic carbocycles. The van der Waals surface area contributed by atoms with E-state index in [1.165, 1.54) is 0 Å². The van der Waals surface area contributed by atoms with Gasteiger partial charge >= 0.3 is 0 Å². The second-order valence-corrected chi connectivity index (χ2v) is 10.6. The van der Waals surface area contributed by atoms with E-state index in [0.717, 1.165) is 25.7 Å². The summed E-state index contributed by atoms with van der Waals surface area (Å²) in [6, 6.07) is 0. The van der Waals surface area contributed by atoms with E-state index in [1.54, 1.807) is 0 Å². The Balaban J connectivity index is 2.47. The number of hydrogen-bond acceptors (Lipinski definition) is 2. The first-order valence-corrected chi connectivity index (χ1v) is 8.14. The number of hydrogen-bond donors (Lipinski definition) is 0. The molecule has 0 aromatic heterocycles. The third-order valence-corrected chi connectivity index (χ3v) is 9.27. The van der Waals surface area contributed by atoms with Crippen LogP contribution in [0.1, 0.15) is 67.2 Å². The SMILES string of the molecule is CC(C)(C)C1(S(=O)(=O)C2(C(C)(C)C)CC2)CC1. The Morgan fingerprint density at radius 2 is 0.941 bits per heavy atom. The first-order valence-electron chi connectivity index (χ1n) is 6.66. The van der Waals surface area contributed by atoms with Crippen molar-refractivity contribution in [2.24, 2.45) is 10.8 Å². The molecule has 2 aliphatic rings. The largest absolute Gasteiger partial charge is 0.228 e. The van der Waals surface area contributed by atoms with Crippen LogP contribution in [0.5, 0.6) is 0 Å². The molecule has 0 unspecified atom stereocenters. The van der Waals surface area contributed by atoms with Gasteiger partial charge in [0.05, 0.1) is 9.49 Å². The molecule has 3 heteroatoms. The van der Waals surface area contributed by atoms with Crippen molar-refractivity contribution in [3.05, 3.63) is 0 Å². The molecule has 0 aliphatic heterocycles. The fraction of sp³-hybridized carbons (Fsp3) is 1.00. The lowest BCUT2D eigenvalue weighted by molar-refractivity contribution is 0.326. The Bertz CT molecular complexity index is 388. The van der Waals surface area contributed by atoms with Gasteiger partial charge in [0.15, 0.2) is 9.84 Å². The molecule has 0 saturated heterocycles. The maximum atomic E-state index is 13.1. The molecule has 2 rings (SSSR count). The van der Waals surface area contributed by atoms with Crippen molar-refractivity contribution in [3.8, 4) is 0 Å². The zero-order valence-corrected chi connectivity index (χ0v) is 12.9. The molecule has 0 N–H and O–H groups in total. The fourth-order valence-corrected chi connectivity index (χ4v) is 7.08. The highest BCUT2D eigenvalue weighted by molar-refractivity contribution is 7.94. The van der Waals surface area contributed by atoms with Gasteiger partial charge in [-0.1, -0.05) is 41.5 Å². The first kappa shape index (κ1) is 13.4. The van der Waals surface area contributed by atoms with Crippen molar-refractivity contribution in [2.45, 2.75) is 76.7 Å². The molecule has 0 radical (unpaired) electrons.